The van der Waals surface area contributed by atoms with E-state index in [1.807, 2.05) is 42.5 Å². The second-order valence-electron chi connectivity index (χ2n) is 7.25. The summed E-state index contributed by atoms with van der Waals surface area (Å²) in [5, 5.41) is 3.89. The number of hydrogen-bond acceptors (Lipinski definition) is 5. The summed E-state index contributed by atoms with van der Waals surface area (Å²) < 4.78 is 16.9. The molecule has 0 aliphatic carbocycles. The zero-order chi connectivity index (χ0) is 20.8. The molecule has 9 heteroatoms. The first-order chi connectivity index (χ1) is 14.7. The molecule has 2 aliphatic heterocycles. The Labute approximate surface area is 204 Å². The van der Waals surface area contributed by atoms with Crippen molar-refractivity contribution in [3.05, 3.63) is 53.1 Å². The first kappa shape index (κ1) is 23.9. The highest BCUT2D eigenvalue weighted by Crippen LogP contribution is 2.32. The number of nitrogens with one attached hydrogen (secondary N) is 1. The predicted molar refractivity (Wildman–Crippen MR) is 134 cm³/mol. The molecule has 1 fully saturated rings. The largest absolute Gasteiger partial charge is 0.490 e. The van der Waals surface area contributed by atoms with Crippen LogP contribution < -0.4 is 20.5 Å². The lowest BCUT2D eigenvalue weighted by Gasteiger charge is -2.34. The number of nitrogens with zero attached hydrogens (tertiary/aromatic N) is 2. The van der Waals surface area contributed by atoms with Crippen molar-refractivity contribution in [2.45, 2.75) is 12.5 Å². The molecular weight excluding hydrogens is 531 g/mol. The Hall–Kier alpha value is -1.75. The summed E-state index contributed by atoms with van der Waals surface area (Å²) in [5.41, 5.74) is 8.05. The molecule has 2 heterocycles. The number of ether oxygens (including phenoxy) is 3. The van der Waals surface area contributed by atoms with Gasteiger partial charge in [-0.2, -0.15) is 0 Å². The number of benzene rings is 2. The van der Waals surface area contributed by atoms with Crippen molar-refractivity contribution in [3.63, 3.8) is 0 Å². The minimum Gasteiger partial charge on any atom is -0.490 e. The molecule has 1 saturated heterocycles. The molecule has 31 heavy (non-hydrogen) atoms. The highest BCUT2D eigenvalue weighted by atomic mass is 127. The molecule has 1 atom stereocenters. The smallest absolute Gasteiger partial charge is 0.193 e. The van der Waals surface area contributed by atoms with Crippen molar-refractivity contribution < 1.29 is 14.2 Å². The molecule has 0 bridgehead atoms. The molecule has 0 radical (unpaired) electrons. The molecule has 2 aromatic rings. The molecule has 4 rings (SSSR count). The maximum absolute atomic E-state index is 6.49. The number of rotatable bonds is 5. The van der Waals surface area contributed by atoms with E-state index in [2.05, 4.69) is 15.2 Å². The highest BCUT2D eigenvalue weighted by molar-refractivity contribution is 14.0. The third kappa shape index (κ3) is 6.38. The number of hydrogen-bond donors (Lipinski definition) is 2. The van der Waals surface area contributed by atoms with Gasteiger partial charge in [-0.3, -0.25) is 9.89 Å². The lowest BCUT2D eigenvalue weighted by Crippen LogP contribution is -2.40. The number of fused-ring (bicyclic) bond motifs is 1. The average molecular weight is 559 g/mol. The maximum atomic E-state index is 6.49. The average Bonchev–Trinajstić information content (AvgIpc) is 3.01. The number of aliphatic imine (C=N–C) groups is 1. The first-order valence-electron chi connectivity index (χ1n) is 10.2. The van der Waals surface area contributed by atoms with Crippen molar-refractivity contribution in [2.75, 3.05) is 51.4 Å². The van der Waals surface area contributed by atoms with Gasteiger partial charge in [-0.05, 0) is 23.8 Å². The van der Waals surface area contributed by atoms with E-state index >= 15 is 0 Å². The van der Waals surface area contributed by atoms with Crippen LogP contribution in [-0.4, -0.2) is 56.9 Å². The predicted octanol–water partition coefficient (Wildman–Crippen LogP) is 3.92. The number of nitrogens with two attached hydrogens (primary N) is 1. The molecule has 2 aliphatic rings. The molecule has 0 aromatic heterocycles. The molecule has 3 N–H and O–H groups in total. The summed E-state index contributed by atoms with van der Waals surface area (Å²) >= 11 is 6.49. The molecule has 0 saturated carbocycles. The lowest BCUT2D eigenvalue weighted by atomic mass is 10.0. The van der Waals surface area contributed by atoms with Crippen molar-refractivity contribution in [2.24, 2.45) is 10.7 Å². The van der Waals surface area contributed by atoms with Crippen LogP contribution in [0.5, 0.6) is 11.5 Å². The zero-order valence-corrected chi connectivity index (χ0v) is 20.3. The summed E-state index contributed by atoms with van der Waals surface area (Å²) in [6.45, 7) is 4.87. The van der Waals surface area contributed by atoms with E-state index < -0.39 is 0 Å². The lowest BCUT2D eigenvalue weighted by molar-refractivity contribution is 0.0180. The molecule has 7 nitrogen and oxygen atoms in total. The van der Waals surface area contributed by atoms with Crippen LogP contribution in [0.3, 0.4) is 0 Å². The molecule has 0 spiro atoms. The Morgan fingerprint density at radius 2 is 1.81 bits per heavy atom. The van der Waals surface area contributed by atoms with E-state index in [1.165, 1.54) is 0 Å². The van der Waals surface area contributed by atoms with Crippen LogP contribution in [0, 0.1) is 0 Å². The Balaban J connectivity index is 0.00000272. The van der Waals surface area contributed by atoms with E-state index in [-0.39, 0.29) is 30.0 Å². The van der Waals surface area contributed by atoms with Gasteiger partial charge in [0.1, 0.15) is 0 Å². The van der Waals surface area contributed by atoms with Gasteiger partial charge in [0, 0.05) is 36.3 Å². The van der Waals surface area contributed by atoms with E-state index in [4.69, 9.17) is 31.5 Å². The van der Waals surface area contributed by atoms with E-state index in [1.54, 1.807) is 0 Å². The Morgan fingerprint density at radius 1 is 1.06 bits per heavy atom. The van der Waals surface area contributed by atoms with E-state index in [9.17, 15) is 0 Å². The van der Waals surface area contributed by atoms with Crippen LogP contribution in [0.4, 0.5) is 5.69 Å². The minimum atomic E-state index is 0. The van der Waals surface area contributed by atoms with Gasteiger partial charge in [-0.1, -0.05) is 29.8 Å². The van der Waals surface area contributed by atoms with E-state index in [0.717, 1.165) is 41.5 Å². The third-order valence-corrected chi connectivity index (χ3v) is 5.55. The van der Waals surface area contributed by atoms with Crippen LogP contribution in [0.25, 0.3) is 0 Å². The minimum absolute atomic E-state index is 0. The van der Waals surface area contributed by atoms with Crippen LogP contribution in [0.1, 0.15) is 18.0 Å². The third-order valence-electron chi connectivity index (χ3n) is 5.21. The zero-order valence-electron chi connectivity index (χ0n) is 17.3. The summed E-state index contributed by atoms with van der Waals surface area (Å²) in [5.74, 6) is 1.81. The first-order valence-corrected chi connectivity index (χ1v) is 10.6. The van der Waals surface area contributed by atoms with Crippen LogP contribution in [0.2, 0.25) is 5.02 Å². The fourth-order valence-electron chi connectivity index (χ4n) is 3.66. The summed E-state index contributed by atoms with van der Waals surface area (Å²) in [6, 6.07) is 13.6. The topological polar surface area (TPSA) is 81.3 Å². The molecule has 168 valence electrons. The Kier molecular flexibility index (Phi) is 9.06. The summed E-state index contributed by atoms with van der Waals surface area (Å²) in [4.78, 5) is 6.96. The van der Waals surface area contributed by atoms with Gasteiger partial charge in [0.05, 0.1) is 39.0 Å². The monoisotopic (exact) mass is 558 g/mol. The van der Waals surface area contributed by atoms with Crippen LogP contribution in [0.15, 0.2) is 47.5 Å². The van der Waals surface area contributed by atoms with Crippen molar-refractivity contribution in [3.8, 4) is 11.5 Å². The molecule has 1 unspecified atom stereocenters. The fourth-order valence-corrected chi connectivity index (χ4v) is 3.92. The molecule has 0 amide bonds. The fraction of sp³-hybridized carbons (Fsp3) is 0.409. The number of halogens is 2. The number of guanidine groups is 1. The van der Waals surface area contributed by atoms with Gasteiger partial charge in [-0.15, -0.1) is 24.0 Å². The van der Waals surface area contributed by atoms with Gasteiger partial charge in [0.2, 0.25) is 0 Å². The summed E-state index contributed by atoms with van der Waals surface area (Å²) in [6.07, 6.45) is 0.867. The quantitative estimate of drug-likeness (QED) is 0.329. The number of anilines is 1. The van der Waals surface area contributed by atoms with Crippen LogP contribution >= 0.6 is 35.6 Å². The van der Waals surface area contributed by atoms with Gasteiger partial charge in [0.25, 0.3) is 0 Å². The summed E-state index contributed by atoms with van der Waals surface area (Å²) in [7, 11) is 0. The normalized spacial score (nSPS) is 17.9. The van der Waals surface area contributed by atoms with Gasteiger partial charge < -0.3 is 25.3 Å². The van der Waals surface area contributed by atoms with E-state index in [0.29, 0.717) is 44.7 Å². The Bertz CT molecular complexity index is 893. The van der Waals surface area contributed by atoms with Crippen molar-refractivity contribution >= 4 is 47.2 Å². The van der Waals surface area contributed by atoms with Crippen molar-refractivity contribution in [1.82, 2.24) is 4.90 Å². The van der Waals surface area contributed by atoms with Crippen molar-refractivity contribution in [1.29, 1.82) is 0 Å². The molecule has 2 aromatic carbocycles. The van der Waals surface area contributed by atoms with Crippen LogP contribution in [-0.2, 0) is 4.74 Å². The standard InChI is InChI=1S/C22H27ClN4O3.HI/c23-18-5-2-1-4-17(18)19(27-8-12-28-13-9-27)15-25-22(24)26-16-6-7-20-21(14-16)30-11-3-10-29-20;/h1-2,4-7,14,19H,3,8-13,15H2,(H3,24,25,26);1H. The Morgan fingerprint density at radius 3 is 2.58 bits per heavy atom. The maximum Gasteiger partial charge on any atom is 0.193 e. The highest BCUT2D eigenvalue weighted by Gasteiger charge is 2.24. The SMILES string of the molecule is I.NC(=NCC(c1ccccc1Cl)N1CCOCC1)Nc1ccc2c(c1)OCCCO2. The second-order valence-corrected chi connectivity index (χ2v) is 7.66. The van der Waals surface area contributed by atoms with Gasteiger partial charge in [-0.25, -0.2) is 0 Å². The molecular formula is C22H28ClIN4O3. The number of morpholine rings is 1. The van der Waals surface area contributed by atoms with Gasteiger partial charge >= 0.3 is 0 Å². The van der Waals surface area contributed by atoms with Gasteiger partial charge in [0.15, 0.2) is 17.5 Å². The second kappa shape index (κ2) is 11.8.